The molecule has 0 aromatic heterocycles. The molecule has 0 unspecified atom stereocenters. The maximum absolute atomic E-state index is 13.2. The van der Waals surface area contributed by atoms with E-state index in [2.05, 4.69) is 11.4 Å². The number of aryl methyl sites for hydroxylation is 2. The molecule has 38 heavy (non-hydrogen) atoms. The van der Waals surface area contributed by atoms with Gasteiger partial charge in [-0.3, -0.25) is 25.0 Å². The minimum absolute atomic E-state index is 0.0368. The first-order valence-electron chi connectivity index (χ1n) is 11.8. The highest BCUT2D eigenvalue weighted by molar-refractivity contribution is 6.39. The maximum atomic E-state index is 13.2. The lowest BCUT2D eigenvalue weighted by Gasteiger charge is -2.26. The van der Waals surface area contributed by atoms with Crippen molar-refractivity contribution in [1.82, 2.24) is 5.32 Å². The van der Waals surface area contributed by atoms with E-state index in [1.807, 2.05) is 32.9 Å². The van der Waals surface area contributed by atoms with Crippen molar-refractivity contribution in [3.05, 3.63) is 98.6 Å². The van der Waals surface area contributed by atoms with Gasteiger partial charge in [-0.15, -0.1) is 0 Å². The number of urea groups is 1. The Morgan fingerprint density at radius 1 is 0.947 bits per heavy atom. The first-order valence-corrected chi connectivity index (χ1v) is 11.8. The Balaban J connectivity index is 1.62. The molecule has 1 saturated heterocycles. The van der Waals surface area contributed by atoms with Crippen molar-refractivity contribution < 1.29 is 28.8 Å². The van der Waals surface area contributed by atoms with Crippen LogP contribution in [-0.2, 0) is 16.2 Å². The number of nitro benzene ring substituents is 1. The number of non-ortho nitro benzene ring substituents is 1. The molecule has 1 aliphatic rings. The number of hydrogen-bond acceptors (Lipinski definition) is 7. The molecule has 1 N–H and O–H groups in total. The molecule has 0 atom stereocenters. The SMILES string of the molecule is CCOc1cc(/C=C2\C(=O)NC(=O)N(c3cccc([N+](=O)[O-])c3)C2=O)ccc1OCc1cc(C)cc(C)c1. The second kappa shape index (κ2) is 11.0. The number of benzene rings is 3. The lowest BCUT2D eigenvalue weighted by Crippen LogP contribution is -2.54. The van der Waals surface area contributed by atoms with Gasteiger partial charge in [-0.05, 0) is 56.2 Å². The van der Waals surface area contributed by atoms with Crippen LogP contribution >= 0.6 is 0 Å². The molecule has 10 nitrogen and oxygen atoms in total. The van der Waals surface area contributed by atoms with Gasteiger partial charge in [-0.1, -0.05) is 41.5 Å². The predicted molar refractivity (Wildman–Crippen MR) is 140 cm³/mol. The number of carbonyl (C=O) groups is 3. The lowest BCUT2D eigenvalue weighted by atomic mass is 10.1. The second-order valence-corrected chi connectivity index (χ2v) is 8.66. The van der Waals surface area contributed by atoms with E-state index in [0.29, 0.717) is 35.2 Å². The van der Waals surface area contributed by atoms with Gasteiger partial charge in [0.1, 0.15) is 12.2 Å². The number of anilines is 1. The van der Waals surface area contributed by atoms with Crippen molar-refractivity contribution in [2.24, 2.45) is 0 Å². The molecule has 4 rings (SSSR count). The molecule has 10 heteroatoms. The quantitative estimate of drug-likeness (QED) is 0.196. The van der Waals surface area contributed by atoms with Gasteiger partial charge in [0.25, 0.3) is 17.5 Å². The molecule has 0 spiro atoms. The van der Waals surface area contributed by atoms with Crippen molar-refractivity contribution in [3.63, 3.8) is 0 Å². The fraction of sp³-hybridized carbons (Fsp3) is 0.179. The third-order valence-corrected chi connectivity index (χ3v) is 5.65. The first kappa shape index (κ1) is 26.1. The Labute approximate surface area is 218 Å². The highest BCUT2D eigenvalue weighted by atomic mass is 16.6. The smallest absolute Gasteiger partial charge is 0.335 e. The molecule has 194 valence electrons. The minimum atomic E-state index is -0.997. The summed E-state index contributed by atoms with van der Waals surface area (Å²) in [5, 5.41) is 13.2. The number of barbiturate groups is 1. The van der Waals surface area contributed by atoms with Gasteiger partial charge < -0.3 is 9.47 Å². The van der Waals surface area contributed by atoms with E-state index in [1.165, 1.54) is 24.3 Å². The number of amides is 4. The molecule has 0 saturated carbocycles. The van der Waals surface area contributed by atoms with Gasteiger partial charge in [-0.25, -0.2) is 9.69 Å². The minimum Gasteiger partial charge on any atom is -0.490 e. The Kier molecular flexibility index (Phi) is 7.52. The van der Waals surface area contributed by atoms with Crippen LogP contribution < -0.4 is 19.7 Å². The average Bonchev–Trinajstić information content (AvgIpc) is 2.86. The normalized spacial score (nSPS) is 14.4. The number of rotatable bonds is 8. The number of hydrogen-bond donors (Lipinski definition) is 1. The van der Waals surface area contributed by atoms with Gasteiger partial charge in [0.15, 0.2) is 11.5 Å². The van der Waals surface area contributed by atoms with Gasteiger partial charge in [0.2, 0.25) is 0 Å². The van der Waals surface area contributed by atoms with E-state index in [0.717, 1.165) is 22.8 Å². The molecule has 1 fully saturated rings. The fourth-order valence-corrected chi connectivity index (χ4v) is 4.12. The van der Waals surface area contributed by atoms with E-state index >= 15 is 0 Å². The van der Waals surface area contributed by atoms with Crippen LogP contribution in [0.15, 0.2) is 66.2 Å². The summed E-state index contributed by atoms with van der Waals surface area (Å²) in [4.78, 5) is 49.4. The van der Waals surface area contributed by atoms with Crippen LogP contribution in [0.3, 0.4) is 0 Å². The van der Waals surface area contributed by atoms with E-state index in [4.69, 9.17) is 9.47 Å². The molecule has 1 aliphatic heterocycles. The molecular weight excluding hydrogens is 490 g/mol. The molecule has 1 heterocycles. The lowest BCUT2D eigenvalue weighted by molar-refractivity contribution is -0.384. The molecular formula is C28H25N3O7. The third-order valence-electron chi connectivity index (χ3n) is 5.65. The summed E-state index contributed by atoms with van der Waals surface area (Å²) >= 11 is 0. The Morgan fingerprint density at radius 3 is 2.37 bits per heavy atom. The van der Waals surface area contributed by atoms with Crippen molar-refractivity contribution in [2.45, 2.75) is 27.4 Å². The van der Waals surface area contributed by atoms with Gasteiger partial charge in [0.05, 0.1) is 17.2 Å². The topological polar surface area (TPSA) is 128 Å². The number of nitro groups is 1. The first-order chi connectivity index (χ1) is 18.2. The maximum Gasteiger partial charge on any atom is 0.335 e. The third kappa shape index (κ3) is 5.70. The van der Waals surface area contributed by atoms with Crippen molar-refractivity contribution >= 4 is 35.3 Å². The van der Waals surface area contributed by atoms with E-state index in [1.54, 1.807) is 18.2 Å². The Hall–Kier alpha value is -4.99. The summed E-state index contributed by atoms with van der Waals surface area (Å²) in [6, 6.07) is 15.1. The molecule has 0 bridgehead atoms. The number of nitrogens with zero attached hydrogens (tertiary/aromatic N) is 2. The zero-order chi connectivity index (χ0) is 27.4. The van der Waals surface area contributed by atoms with Crippen molar-refractivity contribution in [3.8, 4) is 11.5 Å². The summed E-state index contributed by atoms with van der Waals surface area (Å²) in [5.74, 6) is -0.885. The number of carbonyl (C=O) groups excluding carboxylic acids is 3. The summed E-state index contributed by atoms with van der Waals surface area (Å²) < 4.78 is 11.7. The molecule has 0 radical (unpaired) electrons. The number of ether oxygens (including phenoxy) is 2. The number of nitrogens with one attached hydrogen (secondary N) is 1. The largest absolute Gasteiger partial charge is 0.490 e. The van der Waals surface area contributed by atoms with E-state index in [9.17, 15) is 24.5 Å². The Morgan fingerprint density at radius 2 is 1.68 bits per heavy atom. The van der Waals surface area contributed by atoms with Crippen LogP contribution in [0.4, 0.5) is 16.2 Å². The van der Waals surface area contributed by atoms with Crippen LogP contribution in [0.25, 0.3) is 6.08 Å². The zero-order valence-corrected chi connectivity index (χ0v) is 21.0. The van der Waals surface area contributed by atoms with Crippen LogP contribution in [-0.4, -0.2) is 29.4 Å². The van der Waals surface area contributed by atoms with Crippen LogP contribution in [0, 0.1) is 24.0 Å². The van der Waals surface area contributed by atoms with Crippen LogP contribution in [0.1, 0.15) is 29.2 Å². The average molecular weight is 516 g/mol. The van der Waals surface area contributed by atoms with Crippen LogP contribution in [0.2, 0.25) is 0 Å². The van der Waals surface area contributed by atoms with E-state index in [-0.39, 0.29) is 16.9 Å². The summed E-state index contributed by atoms with van der Waals surface area (Å²) in [6.45, 7) is 6.53. The van der Waals surface area contributed by atoms with Crippen molar-refractivity contribution in [2.75, 3.05) is 11.5 Å². The number of imide groups is 2. The van der Waals surface area contributed by atoms with Crippen molar-refractivity contribution in [1.29, 1.82) is 0 Å². The predicted octanol–water partition coefficient (Wildman–Crippen LogP) is 4.86. The van der Waals surface area contributed by atoms with Gasteiger partial charge >= 0.3 is 6.03 Å². The Bertz CT molecular complexity index is 1460. The van der Waals surface area contributed by atoms with Crippen LogP contribution in [0.5, 0.6) is 11.5 Å². The van der Waals surface area contributed by atoms with E-state index < -0.39 is 22.8 Å². The molecule has 3 aromatic rings. The summed E-state index contributed by atoms with van der Waals surface area (Å²) in [6.07, 6.45) is 1.32. The second-order valence-electron chi connectivity index (χ2n) is 8.66. The summed E-state index contributed by atoms with van der Waals surface area (Å²) in [5.41, 5.74) is 3.06. The zero-order valence-electron chi connectivity index (χ0n) is 21.0. The van der Waals surface area contributed by atoms with Gasteiger partial charge in [0, 0.05) is 12.1 Å². The van der Waals surface area contributed by atoms with Gasteiger partial charge in [-0.2, -0.15) is 0 Å². The summed E-state index contributed by atoms with van der Waals surface area (Å²) in [7, 11) is 0. The molecule has 0 aliphatic carbocycles. The fourth-order valence-electron chi connectivity index (χ4n) is 4.12. The standard InChI is InChI=1S/C28H25N3O7/c1-4-37-25-14-19(8-9-24(25)38-16-20-11-17(2)10-18(3)12-20)13-23-26(32)29-28(34)30(27(23)33)21-6-5-7-22(15-21)31(35)36/h5-15H,4,16H2,1-3H3,(H,29,32,34)/b23-13+. The molecule has 4 amide bonds. The monoisotopic (exact) mass is 515 g/mol. The highest BCUT2D eigenvalue weighted by Gasteiger charge is 2.37. The molecule has 3 aromatic carbocycles. The highest BCUT2D eigenvalue weighted by Crippen LogP contribution is 2.31.